The van der Waals surface area contributed by atoms with E-state index < -0.39 is 0 Å². The van der Waals surface area contributed by atoms with Crippen LogP contribution in [0.2, 0.25) is 0 Å². The van der Waals surface area contributed by atoms with Crippen molar-refractivity contribution in [3.05, 3.63) is 134 Å². The second-order valence-electron chi connectivity index (χ2n) is 9.29. The maximum Gasteiger partial charge on any atom is 0.135 e. The molecular weight excluding hydrogens is 677 g/mol. The van der Waals surface area contributed by atoms with Crippen LogP contribution in [0, 0.1) is 18.8 Å². The van der Waals surface area contributed by atoms with Crippen molar-refractivity contribution in [1.29, 1.82) is 0 Å². The smallest absolute Gasteiger partial charge is 0.135 e. The number of benzene rings is 4. The summed E-state index contributed by atoms with van der Waals surface area (Å²) in [5.74, 6) is 2.96. The fourth-order valence-electron chi connectivity index (χ4n) is 5.28. The molecule has 6 nitrogen and oxygen atoms in total. The minimum atomic E-state index is 0. The number of fused-ring (bicyclic) bond motifs is 6. The van der Waals surface area contributed by atoms with E-state index in [1.54, 1.807) is 6.20 Å². The maximum absolute atomic E-state index is 6.34. The number of ether oxygens (including phenoxy) is 1. The Kier molecular flexibility index (Phi) is 5.91. The van der Waals surface area contributed by atoms with Crippen molar-refractivity contribution in [3.63, 3.8) is 0 Å². The Bertz CT molecular complexity index is 2000. The van der Waals surface area contributed by atoms with Gasteiger partial charge in [-0.1, -0.05) is 59.9 Å². The van der Waals surface area contributed by atoms with Crippen LogP contribution in [0.5, 0.6) is 11.5 Å². The summed E-state index contributed by atoms with van der Waals surface area (Å²) in [5.41, 5.74) is 4.95. The van der Waals surface area contributed by atoms with Gasteiger partial charge in [0, 0.05) is 55.8 Å². The normalized spacial score (nSPS) is 11.9. The topological polar surface area (TPSA) is 48.1 Å². The molecule has 3 aromatic heterocycles. The van der Waals surface area contributed by atoms with Crippen LogP contribution in [0.25, 0.3) is 39.0 Å². The van der Waals surface area contributed by atoms with Gasteiger partial charge in [-0.25, -0.2) is 4.98 Å². The molecule has 7 aromatic rings. The second kappa shape index (κ2) is 9.74. The molecule has 0 bridgehead atoms. The molecular formula is C33H20N5OPt-3. The minimum absolute atomic E-state index is 0. The molecule has 4 aromatic carbocycles. The number of imidazole rings is 1. The zero-order valence-electron chi connectivity index (χ0n) is 21.0. The predicted octanol–water partition coefficient (Wildman–Crippen LogP) is 7.55. The van der Waals surface area contributed by atoms with Gasteiger partial charge < -0.3 is 23.8 Å². The average molecular weight is 698 g/mol. The zero-order chi connectivity index (χ0) is 25.8. The summed E-state index contributed by atoms with van der Waals surface area (Å²) in [6, 6.07) is 39.4. The van der Waals surface area contributed by atoms with E-state index in [0.29, 0.717) is 11.5 Å². The number of nitrogens with zero attached hydrogens (tertiary/aromatic N) is 5. The van der Waals surface area contributed by atoms with Crippen molar-refractivity contribution in [2.75, 3.05) is 4.90 Å². The number of aromatic nitrogens is 4. The van der Waals surface area contributed by atoms with Crippen molar-refractivity contribution in [1.82, 2.24) is 19.1 Å². The van der Waals surface area contributed by atoms with Gasteiger partial charge in [-0.3, -0.25) is 0 Å². The van der Waals surface area contributed by atoms with Gasteiger partial charge in [-0.05, 0) is 48.1 Å². The first kappa shape index (κ1) is 24.3. The number of hydrogen-bond donors (Lipinski definition) is 0. The predicted molar refractivity (Wildman–Crippen MR) is 152 cm³/mol. The van der Waals surface area contributed by atoms with Crippen LogP contribution in [0.1, 0.15) is 0 Å². The molecule has 0 radical (unpaired) electrons. The van der Waals surface area contributed by atoms with E-state index in [1.165, 1.54) is 0 Å². The third kappa shape index (κ3) is 3.88. The quantitative estimate of drug-likeness (QED) is 0.178. The average Bonchev–Trinajstić information content (AvgIpc) is 3.60. The van der Waals surface area contributed by atoms with Crippen LogP contribution in [0.4, 0.5) is 11.4 Å². The largest absolute Gasteiger partial charge is 0.509 e. The second-order valence-corrected chi connectivity index (χ2v) is 9.29. The van der Waals surface area contributed by atoms with E-state index in [-0.39, 0.29) is 21.1 Å². The first-order valence-electron chi connectivity index (χ1n) is 12.7. The van der Waals surface area contributed by atoms with E-state index in [1.807, 2.05) is 84.3 Å². The van der Waals surface area contributed by atoms with Gasteiger partial charge in [0.05, 0.1) is 0 Å². The molecule has 1 aliphatic heterocycles. The molecule has 0 unspecified atom stereocenters. The molecule has 0 saturated carbocycles. The van der Waals surface area contributed by atoms with Crippen LogP contribution >= 0.6 is 0 Å². The van der Waals surface area contributed by atoms with Gasteiger partial charge in [0.2, 0.25) is 0 Å². The van der Waals surface area contributed by atoms with Gasteiger partial charge >= 0.3 is 0 Å². The molecule has 8 rings (SSSR count). The Hall–Kier alpha value is -4.80. The summed E-state index contributed by atoms with van der Waals surface area (Å²) in [5, 5.41) is 2.24. The molecule has 0 N–H and O–H groups in total. The van der Waals surface area contributed by atoms with Crippen molar-refractivity contribution < 1.29 is 25.8 Å². The summed E-state index contributed by atoms with van der Waals surface area (Å²) in [6.45, 7) is 2.02. The molecule has 0 spiro atoms. The van der Waals surface area contributed by atoms with Crippen LogP contribution in [-0.2, 0) is 21.1 Å². The van der Waals surface area contributed by atoms with Crippen molar-refractivity contribution in [2.45, 2.75) is 0 Å². The summed E-state index contributed by atoms with van der Waals surface area (Å²) in [4.78, 5) is 11.2. The van der Waals surface area contributed by atoms with Crippen molar-refractivity contribution in [3.8, 4) is 28.7 Å². The molecule has 0 saturated heterocycles. The third-order valence-corrected chi connectivity index (χ3v) is 6.98. The van der Waals surface area contributed by atoms with Gasteiger partial charge in [0.15, 0.2) is 0 Å². The molecule has 0 fully saturated rings. The van der Waals surface area contributed by atoms with Crippen LogP contribution < -0.4 is 9.64 Å². The molecule has 1 aliphatic rings. The summed E-state index contributed by atoms with van der Waals surface area (Å²) in [6.07, 6.45) is 5.56. The van der Waals surface area contributed by atoms with E-state index in [0.717, 1.165) is 50.4 Å². The van der Waals surface area contributed by atoms with E-state index in [4.69, 9.17) is 4.74 Å². The van der Waals surface area contributed by atoms with E-state index in [9.17, 15) is 0 Å². The Morgan fingerprint density at radius 1 is 0.700 bits per heavy atom. The van der Waals surface area contributed by atoms with Crippen molar-refractivity contribution in [2.24, 2.45) is 0 Å². The Morgan fingerprint density at radius 2 is 1.55 bits per heavy atom. The first-order valence-corrected chi connectivity index (χ1v) is 12.7. The molecule has 0 amide bonds. The number of rotatable bonds is 4. The van der Waals surface area contributed by atoms with Crippen LogP contribution in [-0.4, -0.2) is 19.1 Å². The van der Waals surface area contributed by atoms with E-state index >= 15 is 0 Å². The number of anilines is 2. The molecule has 40 heavy (non-hydrogen) atoms. The molecule has 0 aliphatic carbocycles. The van der Waals surface area contributed by atoms with Gasteiger partial charge in [0.1, 0.15) is 5.82 Å². The fourth-order valence-corrected chi connectivity index (χ4v) is 5.28. The van der Waals surface area contributed by atoms with Gasteiger partial charge in [-0.2, -0.15) is 12.1 Å². The van der Waals surface area contributed by atoms with Crippen molar-refractivity contribution >= 4 is 33.2 Å². The number of para-hydroxylation sites is 2. The monoisotopic (exact) mass is 697 g/mol. The molecule has 7 heteroatoms. The fraction of sp³-hybridized carbons (Fsp3) is 0. The summed E-state index contributed by atoms with van der Waals surface area (Å²) < 4.78 is 10.5. The Labute approximate surface area is 245 Å². The number of pyridine rings is 1. The van der Waals surface area contributed by atoms with Crippen LogP contribution in [0.3, 0.4) is 0 Å². The Balaban J connectivity index is 0.00000264. The first-order chi connectivity index (χ1) is 19.3. The summed E-state index contributed by atoms with van der Waals surface area (Å²) >= 11 is 0. The van der Waals surface area contributed by atoms with Gasteiger partial charge in [0.25, 0.3) is 0 Å². The maximum atomic E-state index is 6.34. The van der Waals surface area contributed by atoms with E-state index in [2.05, 4.69) is 68.0 Å². The van der Waals surface area contributed by atoms with Crippen LogP contribution in [0.15, 0.2) is 116 Å². The SMILES string of the molecule is [Pt].[c-]1c(Oc2[c-]c3c(cc2)c2ccccc2n3-c2ccccn2)cccc1N1[CH-]n2ccnc2-c2ccccc21. The molecule has 4 heterocycles. The third-order valence-electron chi connectivity index (χ3n) is 6.98. The minimum Gasteiger partial charge on any atom is -0.509 e. The standard InChI is InChI=1S/C33H20N5O.Pt/c1-4-13-30-26(10-1)27-16-15-25(21-31(27)38(30)32-14-5-6-17-34-32)39-24-9-7-8-23(20-24)37-22-36-19-18-35-33(36)28-11-2-3-12-29(28)37;/h1-19,22H;/q-3;. The molecule has 0 atom stereocenters. The molecule has 196 valence electrons. The Morgan fingerprint density at radius 3 is 2.48 bits per heavy atom. The van der Waals surface area contributed by atoms with Gasteiger partial charge in [-0.15, -0.1) is 35.7 Å². The number of hydrogen-bond acceptors (Lipinski definition) is 4. The zero-order valence-corrected chi connectivity index (χ0v) is 23.3. The summed E-state index contributed by atoms with van der Waals surface area (Å²) in [7, 11) is 0.